The van der Waals surface area contributed by atoms with E-state index in [-0.39, 0.29) is 0 Å². The topological polar surface area (TPSA) is 12.5 Å². The highest BCUT2D eigenvalue weighted by atomic mass is 35.5. The SMILES string of the molecule is Cl/C=C(/Cl)CN1CCOCC1. The van der Waals surface area contributed by atoms with Gasteiger partial charge < -0.3 is 4.74 Å². The van der Waals surface area contributed by atoms with Crippen molar-refractivity contribution in [2.24, 2.45) is 0 Å². The maximum absolute atomic E-state index is 5.75. The van der Waals surface area contributed by atoms with Crippen LogP contribution >= 0.6 is 23.2 Å². The number of rotatable bonds is 2. The number of morpholine rings is 1. The van der Waals surface area contributed by atoms with E-state index in [2.05, 4.69) is 4.90 Å². The number of nitrogens with zero attached hydrogens (tertiary/aromatic N) is 1. The molecule has 0 radical (unpaired) electrons. The normalized spacial score (nSPS) is 22.2. The predicted octanol–water partition coefficient (Wildman–Crippen LogP) is 1.64. The van der Waals surface area contributed by atoms with Crippen LogP contribution in [0.3, 0.4) is 0 Å². The lowest BCUT2D eigenvalue weighted by Gasteiger charge is -2.25. The Bertz CT molecular complexity index is 143. The highest BCUT2D eigenvalue weighted by Crippen LogP contribution is 2.07. The summed E-state index contributed by atoms with van der Waals surface area (Å²) in [6, 6.07) is 0. The van der Waals surface area contributed by atoms with Crippen LogP contribution in [-0.2, 0) is 4.74 Å². The number of hydrogen-bond acceptors (Lipinski definition) is 2. The molecule has 2 nitrogen and oxygen atoms in total. The van der Waals surface area contributed by atoms with Gasteiger partial charge in [-0.05, 0) is 0 Å². The fourth-order valence-electron chi connectivity index (χ4n) is 1.01. The lowest BCUT2D eigenvalue weighted by molar-refractivity contribution is 0.0430. The molecule has 0 spiro atoms. The molecule has 0 aromatic heterocycles. The molecule has 0 N–H and O–H groups in total. The van der Waals surface area contributed by atoms with Crippen molar-refractivity contribution in [3.8, 4) is 0 Å². The summed E-state index contributed by atoms with van der Waals surface area (Å²) in [5.41, 5.74) is 1.41. The van der Waals surface area contributed by atoms with E-state index >= 15 is 0 Å². The van der Waals surface area contributed by atoms with Gasteiger partial charge in [-0.25, -0.2) is 0 Å². The van der Waals surface area contributed by atoms with Crippen molar-refractivity contribution >= 4 is 23.2 Å². The summed E-state index contributed by atoms with van der Waals surface area (Å²) in [5, 5.41) is 0.688. The number of hydrogen-bond donors (Lipinski definition) is 0. The Morgan fingerprint density at radius 2 is 2.09 bits per heavy atom. The third-order valence-electron chi connectivity index (χ3n) is 1.60. The molecule has 0 aliphatic carbocycles. The molecule has 0 aromatic rings. The van der Waals surface area contributed by atoms with Gasteiger partial charge in [-0.2, -0.15) is 0 Å². The van der Waals surface area contributed by atoms with Crippen molar-refractivity contribution in [2.75, 3.05) is 32.8 Å². The maximum Gasteiger partial charge on any atom is 0.0594 e. The summed E-state index contributed by atoms with van der Waals surface area (Å²) in [5.74, 6) is 0. The van der Waals surface area contributed by atoms with Gasteiger partial charge in [0, 0.05) is 30.2 Å². The zero-order valence-electron chi connectivity index (χ0n) is 6.22. The quantitative estimate of drug-likeness (QED) is 0.665. The fraction of sp³-hybridized carbons (Fsp3) is 0.714. The van der Waals surface area contributed by atoms with Gasteiger partial charge in [0.15, 0.2) is 0 Å². The van der Waals surface area contributed by atoms with Crippen LogP contribution < -0.4 is 0 Å². The Morgan fingerprint density at radius 1 is 1.45 bits per heavy atom. The zero-order valence-corrected chi connectivity index (χ0v) is 7.74. The van der Waals surface area contributed by atoms with Crippen LogP contribution in [0.15, 0.2) is 10.6 Å². The van der Waals surface area contributed by atoms with E-state index < -0.39 is 0 Å². The van der Waals surface area contributed by atoms with Gasteiger partial charge in [-0.1, -0.05) is 23.2 Å². The Kier molecular flexibility index (Phi) is 4.23. The minimum Gasteiger partial charge on any atom is -0.379 e. The molecular weight excluding hydrogens is 185 g/mol. The average Bonchev–Trinajstić information content (AvgIpc) is 2.06. The van der Waals surface area contributed by atoms with Gasteiger partial charge in [-0.3, -0.25) is 4.90 Å². The Balaban J connectivity index is 2.24. The van der Waals surface area contributed by atoms with E-state index in [9.17, 15) is 0 Å². The Labute approximate surface area is 76.7 Å². The fourth-order valence-corrected chi connectivity index (χ4v) is 1.25. The summed E-state index contributed by atoms with van der Waals surface area (Å²) in [6.45, 7) is 4.23. The van der Waals surface area contributed by atoms with Crippen molar-refractivity contribution in [3.63, 3.8) is 0 Å². The summed E-state index contributed by atoms with van der Waals surface area (Å²) >= 11 is 11.2. The molecule has 0 unspecified atom stereocenters. The molecule has 1 fully saturated rings. The number of ether oxygens (including phenoxy) is 1. The van der Waals surface area contributed by atoms with Gasteiger partial charge in [0.25, 0.3) is 0 Å². The van der Waals surface area contributed by atoms with E-state index in [1.165, 1.54) is 5.54 Å². The summed E-state index contributed by atoms with van der Waals surface area (Å²) in [7, 11) is 0. The van der Waals surface area contributed by atoms with Crippen molar-refractivity contribution in [1.29, 1.82) is 0 Å². The first-order chi connectivity index (χ1) is 5.33. The monoisotopic (exact) mass is 195 g/mol. The molecule has 11 heavy (non-hydrogen) atoms. The average molecular weight is 196 g/mol. The maximum atomic E-state index is 5.75. The van der Waals surface area contributed by atoms with Crippen LogP contribution in [0.5, 0.6) is 0 Å². The van der Waals surface area contributed by atoms with E-state index in [1.807, 2.05) is 0 Å². The van der Waals surface area contributed by atoms with Crippen molar-refractivity contribution < 1.29 is 4.74 Å². The summed E-state index contributed by atoms with van der Waals surface area (Å²) in [4.78, 5) is 2.21. The molecular formula is C7H11Cl2NO. The Morgan fingerprint density at radius 3 is 2.64 bits per heavy atom. The highest BCUT2D eigenvalue weighted by Gasteiger charge is 2.10. The zero-order chi connectivity index (χ0) is 8.10. The van der Waals surface area contributed by atoms with E-state index in [0.717, 1.165) is 32.8 Å². The van der Waals surface area contributed by atoms with Crippen LogP contribution in [0.4, 0.5) is 0 Å². The van der Waals surface area contributed by atoms with Gasteiger partial charge in [0.2, 0.25) is 0 Å². The molecule has 1 saturated heterocycles. The van der Waals surface area contributed by atoms with Crippen LogP contribution in [0.2, 0.25) is 0 Å². The molecule has 64 valence electrons. The van der Waals surface area contributed by atoms with Crippen molar-refractivity contribution in [2.45, 2.75) is 0 Å². The molecule has 0 atom stereocenters. The lowest BCUT2D eigenvalue weighted by Crippen LogP contribution is -2.36. The van der Waals surface area contributed by atoms with Gasteiger partial charge in [-0.15, -0.1) is 0 Å². The molecule has 0 amide bonds. The van der Waals surface area contributed by atoms with Gasteiger partial charge in [0.05, 0.1) is 13.2 Å². The second kappa shape index (κ2) is 4.99. The summed E-state index contributed by atoms with van der Waals surface area (Å²) < 4.78 is 5.18. The van der Waals surface area contributed by atoms with Crippen molar-refractivity contribution in [1.82, 2.24) is 4.90 Å². The molecule has 0 bridgehead atoms. The van der Waals surface area contributed by atoms with Crippen LogP contribution in [0, 0.1) is 0 Å². The highest BCUT2D eigenvalue weighted by molar-refractivity contribution is 6.36. The summed E-state index contributed by atoms with van der Waals surface area (Å²) in [6.07, 6.45) is 0. The minimum absolute atomic E-state index is 0.688. The van der Waals surface area contributed by atoms with Crippen LogP contribution in [0.25, 0.3) is 0 Å². The Hall–Kier alpha value is 0.240. The smallest absolute Gasteiger partial charge is 0.0594 e. The second-order valence-corrected chi connectivity index (χ2v) is 3.15. The molecule has 4 heteroatoms. The first-order valence-electron chi connectivity index (χ1n) is 3.58. The minimum atomic E-state index is 0.688. The van der Waals surface area contributed by atoms with Gasteiger partial charge in [0.1, 0.15) is 0 Å². The molecule has 0 aromatic carbocycles. The first-order valence-corrected chi connectivity index (χ1v) is 4.39. The third kappa shape index (κ3) is 3.43. The van der Waals surface area contributed by atoms with Crippen molar-refractivity contribution in [3.05, 3.63) is 10.6 Å². The molecule has 0 saturated carbocycles. The molecule has 1 aliphatic heterocycles. The van der Waals surface area contributed by atoms with E-state index in [0.29, 0.717) is 5.03 Å². The molecule has 1 rings (SSSR count). The first kappa shape index (κ1) is 9.33. The molecule has 1 heterocycles. The largest absolute Gasteiger partial charge is 0.379 e. The molecule has 1 aliphatic rings. The lowest BCUT2D eigenvalue weighted by atomic mass is 10.4. The predicted molar refractivity (Wildman–Crippen MR) is 47.0 cm³/mol. The second-order valence-electron chi connectivity index (χ2n) is 2.44. The van der Waals surface area contributed by atoms with Gasteiger partial charge >= 0.3 is 0 Å². The third-order valence-corrected chi connectivity index (χ3v) is 2.20. The standard InChI is InChI=1S/C7H11Cl2NO/c8-5-7(9)6-10-1-3-11-4-2-10/h5H,1-4,6H2/b7-5+. The van der Waals surface area contributed by atoms with E-state index in [1.54, 1.807) is 0 Å². The van der Waals surface area contributed by atoms with Crippen LogP contribution in [0.1, 0.15) is 0 Å². The van der Waals surface area contributed by atoms with Crippen LogP contribution in [-0.4, -0.2) is 37.7 Å². The number of halogens is 2. The van der Waals surface area contributed by atoms with E-state index in [4.69, 9.17) is 27.9 Å².